The monoisotopic (exact) mass is 495 g/mol. The van der Waals surface area contributed by atoms with Crippen molar-refractivity contribution in [3.8, 4) is 5.75 Å². The summed E-state index contributed by atoms with van der Waals surface area (Å²) in [7, 11) is 1.34. The number of carbonyl (C=O) groups is 2. The highest BCUT2D eigenvalue weighted by Gasteiger charge is 2.31. The highest BCUT2D eigenvalue weighted by Crippen LogP contribution is 2.33. The number of thioether (sulfide) groups is 1. The maximum absolute atomic E-state index is 12.6. The van der Waals surface area contributed by atoms with Gasteiger partial charge in [-0.15, -0.1) is 0 Å². The minimum atomic E-state index is -0.305. The summed E-state index contributed by atoms with van der Waals surface area (Å²) in [5.74, 6) is 0.192. The highest BCUT2D eigenvalue weighted by molar-refractivity contribution is 8.26. The van der Waals surface area contributed by atoms with Crippen molar-refractivity contribution in [2.24, 2.45) is 0 Å². The van der Waals surface area contributed by atoms with E-state index >= 15 is 0 Å². The summed E-state index contributed by atoms with van der Waals surface area (Å²) < 4.78 is 10.9. The Kier molecular flexibility index (Phi) is 8.37. The molecule has 1 heterocycles. The van der Waals surface area contributed by atoms with E-state index in [4.69, 9.17) is 40.2 Å². The predicted octanol–water partition coefficient (Wildman–Crippen LogP) is 5.73. The van der Waals surface area contributed by atoms with Crippen LogP contribution in [-0.2, 0) is 20.9 Å². The molecule has 0 unspecified atom stereocenters. The molecule has 0 aliphatic carbocycles. The number of methoxy groups -OCH3 is 1. The van der Waals surface area contributed by atoms with Gasteiger partial charge < -0.3 is 9.47 Å². The largest absolute Gasteiger partial charge is 0.489 e. The molecule has 1 amide bonds. The zero-order valence-corrected chi connectivity index (χ0v) is 19.7. The lowest BCUT2D eigenvalue weighted by molar-refractivity contribution is -0.141. The number of ether oxygens (including phenoxy) is 2. The van der Waals surface area contributed by atoms with Gasteiger partial charge in [0.25, 0.3) is 5.91 Å². The molecule has 162 valence electrons. The molecular weight excluding hydrogens is 477 g/mol. The fourth-order valence-corrected chi connectivity index (χ4v) is 4.63. The second-order valence-electron chi connectivity index (χ2n) is 6.57. The van der Waals surface area contributed by atoms with Gasteiger partial charge in [-0.05, 0) is 42.3 Å². The van der Waals surface area contributed by atoms with E-state index in [-0.39, 0.29) is 24.9 Å². The molecule has 9 heteroatoms. The molecule has 1 saturated heterocycles. The molecule has 1 aliphatic rings. The SMILES string of the molecule is COC(=O)CCCN1C(=O)/C(=C/c2ccc(OCc3c(Cl)cccc3Cl)cc2)SC1=S. The van der Waals surface area contributed by atoms with Crippen LogP contribution in [0.4, 0.5) is 0 Å². The average Bonchev–Trinajstić information content (AvgIpc) is 3.01. The minimum Gasteiger partial charge on any atom is -0.489 e. The van der Waals surface area contributed by atoms with Crippen LogP contribution in [0.5, 0.6) is 5.75 Å². The van der Waals surface area contributed by atoms with Crippen molar-refractivity contribution in [2.75, 3.05) is 13.7 Å². The molecule has 0 spiro atoms. The van der Waals surface area contributed by atoms with E-state index in [0.29, 0.717) is 38.0 Å². The van der Waals surface area contributed by atoms with Crippen molar-refractivity contribution >= 4 is 69.5 Å². The molecule has 1 fully saturated rings. The fraction of sp³-hybridized carbons (Fsp3) is 0.227. The Morgan fingerprint density at radius 3 is 2.48 bits per heavy atom. The summed E-state index contributed by atoms with van der Waals surface area (Å²) in [5.41, 5.74) is 1.57. The van der Waals surface area contributed by atoms with Gasteiger partial charge in [0.15, 0.2) is 0 Å². The van der Waals surface area contributed by atoms with Crippen molar-refractivity contribution in [2.45, 2.75) is 19.4 Å². The average molecular weight is 496 g/mol. The van der Waals surface area contributed by atoms with E-state index in [1.165, 1.54) is 23.8 Å². The molecule has 0 saturated carbocycles. The molecule has 5 nitrogen and oxygen atoms in total. The minimum absolute atomic E-state index is 0.159. The van der Waals surface area contributed by atoms with Crippen LogP contribution in [0.2, 0.25) is 10.0 Å². The molecule has 0 N–H and O–H groups in total. The summed E-state index contributed by atoms with van der Waals surface area (Å²) in [6.07, 6.45) is 2.52. The van der Waals surface area contributed by atoms with Gasteiger partial charge in [-0.1, -0.05) is 65.4 Å². The van der Waals surface area contributed by atoms with E-state index < -0.39 is 0 Å². The second-order valence-corrected chi connectivity index (χ2v) is 9.06. The lowest BCUT2D eigenvalue weighted by atomic mass is 10.2. The third-order valence-electron chi connectivity index (χ3n) is 4.49. The number of benzene rings is 2. The van der Waals surface area contributed by atoms with Crippen molar-refractivity contribution in [3.63, 3.8) is 0 Å². The van der Waals surface area contributed by atoms with E-state index in [0.717, 1.165) is 11.1 Å². The number of hydrogen-bond acceptors (Lipinski definition) is 6. The standard InChI is InChI=1S/C22H19Cl2NO4S2/c1-28-20(26)6-3-11-25-21(27)19(31-22(25)30)12-14-7-9-15(10-8-14)29-13-16-17(23)4-2-5-18(16)24/h2,4-5,7-10,12H,3,6,11,13H2,1H3/b19-12-. The van der Waals surface area contributed by atoms with Crippen molar-refractivity contribution in [1.29, 1.82) is 0 Å². The van der Waals surface area contributed by atoms with Crippen LogP contribution in [0.1, 0.15) is 24.0 Å². The summed E-state index contributed by atoms with van der Waals surface area (Å²) >= 11 is 18.9. The number of rotatable bonds is 8. The van der Waals surface area contributed by atoms with Crippen LogP contribution in [0.15, 0.2) is 47.4 Å². The number of esters is 1. The van der Waals surface area contributed by atoms with Gasteiger partial charge in [0, 0.05) is 28.6 Å². The molecule has 1 aliphatic heterocycles. The topological polar surface area (TPSA) is 55.8 Å². The summed E-state index contributed by atoms with van der Waals surface area (Å²) in [6.45, 7) is 0.635. The normalized spacial score (nSPS) is 14.9. The zero-order chi connectivity index (χ0) is 22.4. The number of carbonyl (C=O) groups excluding carboxylic acids is 2. The lowest BCUT2D eigenvalue weighted by Crippen LogP contribution is -2.29. The third kappa shape index (κ3) is 6.23. The predicted molar refractivity (Wildman–Crippen MR) is 128 cm³/mol. The van der Waals surface area contributed by atoms with Gasteiger partial charge in [-0.3, -0.25) is 14.5 Å². The van der Waals surface area contributed by atoms with Crippen LogP contribution in [-0.4, -0.2) is 34.8 Å². The van der Waals surface area contributed by atoms with E-state index in [1.807, 2.05) is 24.3 Å². The van der Waals surface area contributed by atoms with E-state index in [2.05, 4.69) is 4.74 Å². The number of thiocarbonyl (C=S) groups is 1. The Bertz CT molecular complexity index is 1000. The van der Waals surface area contributed by atoms with E-state index in [9.17, 15) is 9.59 Å². The zero-order valence-electron chi connectivity index (χ0n) is 16.6. The first-order valence-electron chi connectivity index (χ1n) is 9.37. The molecule has 0 radical (unpaired) electrons. The van der Waals surface area contributed by atoms with Gasteiger partial charge in [-0.25, -0.2) is 0 Å². The molecule has 31 heavy (non-hydrogen) atoms. The van der Waals surface area contributed by atoms with Crippen molar-refractivity contribution in [3.05, 3.63) is 68.5 Å². The van der Waals surface area contributed by atoms with Gasteiger partial charge in [-0.2, -0.15) is 0 Å². The highest BCUT2D eigenvalue weighted by atomic mass is 35.5. The third-order valence-corrected chi connectivity index (χ3v) is 6.57. The summed E-state index contributed by atoms with van der Waals surface area (Å²) in [5, 5.41) is 1.11. The Morgan fingerprint density at radius 2 is 1.84 bits per heavy atom. The first-order chi connectivity index (χ1) is 14.9. The molecule has 0 atom stereocenters. The maximum atomic E-state index is 12.6. The van der Waals surface area contributed by atoms with Crippen molar-refractivity contribution < 1.29 is 19.1 Å². The van der Waals surface area contributed by atoms with E-state index in [1.54, 1.807) is 24.3 Å². The number of halogens is 2. The Hall–Kier alpha value is -2.06. The van der Waals surface area contributed by atoms with Crippen LogP contribution in [0.3, 0.4) is 0 Å². The van der Waals surface area contributed by atoms with Gasteiger partial charge in [0.05, 0.1) is 12.0 Å². The number of hydrogen-bond donors (Lipinski definition) is 0. The Morgan fingerprint density at radius 1 is 1.16 bits per heavy atom. The van der Waals surface area contributed by atoms with Crippen LogP contribution < -0.4 is 4.74 Å². The Balaban J connectivity index is 1.60. The quantitative estimate of drug-likeness (QED) is 0.265. The number of amides is 1. The molecular formula is C22H19Cl2NO4S2. The summed E-state index contributed by atoms with van der Waals surface area (Å²) in [6, 6.07) is 12.6. The smallest absolute Gasteiger partial charge is 0.305 e. The number of nitrogens with zero attached hydrogens (tertiary/aromatic N) is 1. The molecule has 2 aromatic rings. The Labute approximate surface area is 200 Å². The van der Waals surface area contributed by atoms with Crippen LogP contribution >= 0.6 is 47.2 Å². The first-order valence-corrected chi connectivity index (χ1v) is 11.3. The summed E-state index contributed by atoms with van der Waals surface area (Å²) in [4.78, 5) is 25.9. The maximum Gasteiger partial charge on any atom is 0.305 e. The first kappa shape index (κ1) is 23.6. The van der Waals surface area contributed by atoms with Gasteiger partial charge in [0.1, 0.15) is 16.7 Å². The van der Waals surface area contributed by atoms with Crippen molar-refractivity contribution in [1.82, 2.24) is 4.90 Å². The molecule has 0 aromatic heterocycles. The molecule has 3 rings (SSSR count). The second kappa shape index (κ2) is 11.0. The molecule has 2 aromatic carbocycles. The van der Waals surface area contributed by atoms with Crippen LogP contribution in [0, 0.1) is 0 Å². The fourth-order valence-electron chi connectivity index (χ4n) is 2.81. The lowest BCUT2D eigenvalue weighted by Gasteiger charge is -2.13. The van der Waals surface area contributed by atoms with Crippen LogP contribution in [0.25, 0.3) is 6.08 Å². The molecule has 0 bridgehead atoms. The van der Waals surface area contributed by atoms with Gasteiger partial charge >= 0.3 is 5.97 Å². The van der Waals surface area contributed by atoms with Gasteiger partial charge in [0.2, 0.25) is 0 Å².